The minimum Gasteiger partial charge on any atom is -0.468 e. The second-order valence-corrected chi connectivity index (χ2v) is 4.84. The van der Waals surface area contributed by atoms with Crippen LogP contribution in [0.25, 0.3) is 0 Å². The lowest BCUT2D eigenvalue weighted by molar-refractivity contribution is -0.141. The lowest BCUT2D eigenvalue weighted by atomic mass is 10.1. The molecule has 0 aliphatic heterocycles. The third kappa shape index (κ3) is 3.76. The van der Waals surface area contributed by atoms with Crippen LogP contribution in [-0.4, -0.2) is 33.3 Å². The molecule has 0 aliphatic carbocycles. The van der Waals surface area contributed by atoms with E-state index in [1.165, 1.54) is 30.0 Å². The molecular formula is C12H10FN5O2S. The Morgan fingerprint density at radius 1 is 1.57 bits per heavy atom. The van der Waals surface area contributed by atoms with Crippen molar-refractivity contribution in [1.29, 1.82) is 5.26 Å². The average Bonchev–Trinajstić information content (AvgIpc) is 2.93. The summed E-state index contributed by atoms with van der Waals surface area (Å²) in [5.41, 5.74) is 0.743. The van der Waals surface area contributed by atoms with Crippen LogP contribution in [-0.2, 0) is 21.8 Å². The van der Waals surface area contributed by atoms with Gasteiger partial charge in [-0.25, -0.2) is 9.07 Å². The third-order valence-corrected chi connectivity index (χ3v) is 3.54. The van der Waals surface area contributed by atoms with E-state index in [0.717, 1.165) is 11.8 Å². The molecule has 7 nitrogen and oxygen atoms in total. The number of carbonyl (C=O) groups is 1. The Morgan fingerprint density at radius 2 is 2.38 bits per heavy atom. The van der Waals surface area contributed by atoms with E-state index in [1.807, 2.05) is 6.07 Å². The molecule has 0 aliphatic rings. The highest BCUT2D eigenvalue weighted by atomic mass is 32.2. The van der Waals surface area contributed by atoms with Gasteiger partial charge in [0, 0.05) is 5.75 Å². The second-order valence-electron chi connectivity index (χ2n) is 3.90. The van der Waals surface area contributed by atoms with E-state index in [2.05, 4.69) is 20.3 Å². The van der Waals surface area contributed by atoms with Crippen LogP contribution >= 0.6 is 11.8 Å². The summed E-state index contributed by atoms with van der Waals surface area (Å²) < 4.78 is 19.4. The van der Waals surface area contributed by atoms with Crippen molar-refractivity contribution in [3.63, 3.8) is 0 Å². The van der Waals surface area contributed by atoms with Crippen LogP contribution in [0.1, 0.15) is 11.1 Å². The highest BCUT2D eigenvalue weighted by Gasteiger charge is 2.12. The molecule has 0 saturated carbocycles. The van der Waals surface area contributed by atoms with E-state index in [-0.39, 0.29) is 12.3 Å². The summed E-state index contributed by atoms with van der Waals surface area (Å²) >= 11 is 1.16. The number of benzene rings is 1. The van der Waals surface area contributed by atoms with Crippen molar-refractivity contribution in [2.45, 2.75) is 17.5 Å². The van der Waals surface area contributed by atoms with Crippen LogP contribution in [0.15, 0.2) is 23.4 Å². The molecule has 1 aromatic carbocycles. The number of rotatable bonds is 5. The predicted octanol–water partition coefficient (Wildman–Crippen LogP) is 1.15. The Balaban J connectivity index is 2.09. The van der Waals surface area contributed by atoms with Crippen molar-refractivity contribution in [3.05, 3.63) is 35.1 Å². The topological polar surface area (TPSA) is 93.7 Å². The van der Waals surface area contributed by atoms with Gasteiger partial charge in [-0.1, -0.05) is 11.8 Å². The molecule has 9 heteroatoms. The molecule has 0 radical (unpaired) electrons. The Bertz CT molecular complexity index is 697. The fourth-order valence-corrected chi connectivity index (χ4v) is 2.33. The first kappa shape index (κ1) is 14.9. The summed E-state index contributed by atoms with van der Waals surface area (Å²) in [4.78, 5) is 11.2. The van der Waals surface area contributed by atoms with E-state index in [1.54, 1.807) is 0 Å². The van der Waals surface area contributed by atoms with Crippen LogP contribution in [0, 0.1) is 17.1 Å². The van der Waals surface area contributed by atoms with Crippen molar-refractivity contribution in [2.24, 2.45) is 0 Å². The van der Waals surface area contributed by atoms with Gasteiger partial charge in [-0.3, -0.25) is 4.79 Å². The van der Waals surface area contributed by atoms with Crippen molar-refractivity contribution < 1.29 is 13.9 Å². The largest absolute Gasteiger partial charge is 0.468 e. The number of halogens is 1. The quantitative estimate of drug-likeness (QED) is 0.604. The van der Waals surface area contributed by atoms with Crippen molar-refractivity contribution in [1.82, 2.24) is 20.2 Å². The number of methoxy groups -OCH3 is 1. The zero-order valence-electron chi connectivity index (χ0n) is 11.0. The minimum atomic E-state index is -0.484. The van der Waals surface area contributed by atoms with Gasteiger partial charge in [0.1, 0.15) is 12.4 Å². The number of nitriles is 1. The predicted molar refractivity (Wildman–Crippen MR) is 70.5 cm³/mol. The zero-order valence-corrected chi connectivity index (χ0v) is 11.8. The molecule has 0 atom stereocenters. The van der Waals surface area contributed by atoms with E-state index in [4.69, 9.17) is 5.26 Å². The Morgan fingerprint density at radius 3 is 3.10 bits per heavy atom. The first-order valence-corrected chi connectivity index (χ1v) is 6.77. The van der Waals surface area contributed by atoms with E-state index < -0.39 is 11.8 Å². The Labute approximate surface area is 123 Å². The van der Waals surface area contributed by atoms with Crippen LogP contribution in [0.2, 0.25) is 0 Å². The number of thioether (sulfide) groups is 1. The number of nitrogens with zero attached hydrogens (tertiary/aromatic N) is 5. The zero-order chi connectivity index (χ0) is 15.2. The molecule has 0 saturated heterocycles. The number of ether oxygens (including phenoxy) is 1. The standard InChI is InChI=1S/C12H10FN5O2S/c1-20-11(19)6-18-12(15-16-17-18)21-7-9-4-8(5-14)2-3-10(9)13/h2-4H,6-7H2,1H3. The average molecular weight is 307 g/mol. The number of hydrogen-bond donors (Lipinski definition) is 0. The van der Waals surface area contributed by atoms with Gasteiger partial charge in [0.25, 0.3) is 0 Å². The Kier molecular flexibility index (Phi) is 4.84. The number of tetrazole rings is 1. The summed E-state index contributed by atoms with van der Waals surface area (Å²) in [5, 5.41) is 20.1. The van der Waals surface area contributed by atoms with E-state index >= 15 is 0 Å². The van der Waals surface area contributed by atoms with Gasteiger partial charge in [-0.2, -0.15) is 5.26 Å². The van der Waals surface area contributed by atoms with Gasteiger partial charge >= 0.3 is 5.97 Å². The molecule has 108 valence electrons. The van der Waals surface area contributed by atoms with Crippen LogP contribution in [0.5, 0.6) is 0 Å². The van der Waals surface area contributed by atoms with Crippen molar-refractivity contribution in [3.8, 4) is 6.07 Å². The molecule has 0 spiro atoms. The number of carbonyl (C=O) groups excluding carboxylic acids is 1. The molecule has 1 aromatic heterocycles. The summed E-state index contributed by atoms with van der Waals surface area (Å²) in [5.74, 6) is -0.654. The van der Waals surface area contributed by atoms with Gasteiger partial charge in [0.15, 0.2) is 0 Å². The van der Waals surface area contributed by atoms with Gasteiger partial charge in [-0.15, -0.1) is 5.10 Å². The van der Waals surface area contributed by atoms with Gasteiger partial charge in [-0.05, 0) is 34.2 Å². The first-order valence-electron chi connectivity index (χ1n) is 5.78. The van der Waals surface area contributed by atoms with Crippen LogP contribution < -0.4 is 0 Å². The molecule has 0 unspecified atom stereocenters. The molecule has 2 rings (SSSR count). The molecule has 2 aromatic rings. The first-order chi connectivity index (χ1) is 10.1. The normalized spacial score (nSPS) is 10.1. The van der Waals surface area contributed by atoms with Crippen LogP contribution in [0.3, 0.4) is 0 Å². The smallest absolute Gasteiger partial charge is 0.327 e. The highest BCUT2D eigenvalue weighted by molar-refractivity contribution is 7.98. The number of esters is 1. The maximum absolute atomic E-state index is 13.6. The summed E-state index contributed by atoms with van der Waals surface area (Å²) in [6.07, 6.45) is 0. The Hall–Kier alpha value is -2.47. The van der Waals surface area contributed by atoms with Crippen molar-refractivity contribution >= 4 is 17.7 Å². The van der Waals surface area contributed by atoms with E-state index in [9.17, 15) is 9.18 Å². The molecule has 0 bridgehead atoms. The lowest BCUT2D eigenvalue weighted by Crippen LogP contribution is -2.13. The molecule has 1 heterocycles. The van der Waals surface area contributed by atoms with E-state index in [0.29, 0.717) is 16.3 Å². The molecule has 0 fully saturated rings. The highest BCUT2D eigenvalue weighted by Crippen LogP contribution is 2.22. The minimum absolute atomic E-state index is 0.119. The lowest BCUT2D eigenvalue weighted by Gasteiger charge is -2.04. The number of aromatic nitrogens is 4. The monoisotopic (exact) mass is 307 g/mol. The number of hydrogen-bond acceptors (Lipinski definition) is 7. The maximum atomic E-state index is 13.6. The van der Waals surface area contributed by atoms with Gasteiger partial charge in [0.05, 0.1) is 18.7 Å². The fourth-order valence-electron chi connectivity index (χ4n) is 1.48. The summed E-state index contributed by atoms with van der Waals surface area (Å²) in [6, 6.07) is 6.07. The third-order valence-electron chi connectivity index (χ3n) is 2.54. The summed E-state index contributed by atoms with van der Waals surface area (Å²) in [7, 11) is 1.27. The fraction of sp³-hybridized carbons (Fsp3) is 0.250. The van der Waals surface area contributed by atoms with Crippen molar-refractivity contribution in [2.75, 3.05) is 7.11 Å². The van der Waals surface area contributed by atoms with Crippen LogP contribution in [0.4, 0.5) is 4.39 Å². The molecular weight excluding hydrogens is 297 g/mol. The van der Waals surface area contributed by atoms with Gasteiger partial charge in [0.2, 0.25) is 5.16 Å². The summed E-state index contributed by atoms with van der Waals surface area (Å²) in [6.45, 7) is -0.119. The van der Waals surface area contributed by atoms with Gasteiger partial charge < -0.3 is 4.74 Å². The molecule has 0 amide bonds. The second kappa shape index (κ2) is 6.81. The maximum Gasteiger partial charge on any atom is 0.327 e. The SMILES string of the molecule is COC(=O)Cn1nnnc1SCc1cc(C#N)ccc1F. The molecule has 0 N–H and O–H groups in total. The molecule has 21 heavy (non-hydrogen) atoms.